The fourth-order valence-corrected chi connectivity index (χ4v) is 4.37. The second-order valence-electron chi connectivity index (χ2n) is 5.94. The molecule has 0 aliphatic carbocycles. The van der Waals surface area contributed by atoms with Crippen LogP contribution in [-0.4, -0.2) is 46.5 Å². The number of ether oxygens (including phenoxy) is 3. The molecule has 8 nitrogen and oxygen atoms in total. The van der Waals surface area contributed by atoms with E-state index in [0.29, 0.717) is 41.9 Å². The van der Waals surface area contributed by atoms with Crippen LogP contribution >= 0.6 is 23.1 Å². The molecule has 30 heavy (non-hydrogen) atoms. The molecule has 0 fully saturated rings. The van der Waals surface area contributed by atoms with Crippen LogP contribution in [0.25, 0.3) is 11.4 Å². The highest BCUT2D eigenvalue weighted by atomic mass is 32.2. The smallest absolute Gasteiger partial charge is 0.357 e. The standard InChI is InChI=1S/C20H22N4O4S2/c1-5-7-24-18(13-8-14(26-3)10-15(9-13)27-4)22-23-20(24)30-12-17-21-16(11-29-17)19(25)28-6-2/h5,8-11H,1,6-7,12H2,2-4H3. The number of methoxy groups -OCH3 is 2. The minimum atomic E-state index is -0.408. The van der Waals surface area contributed by atoms with Gasteiger partial charge in [-0.15, -0.1) is 28.1 Å². The first kappa shape index (κ1) is 21.8. The Morgan fingerprint density at radius 2 is 1.97 bits per heavy atom. The summed E-state index contributed by atoms with van der Waals surface area (Å²) >= 11 is 2.90. The maximum Gasteiger partial charge on any atom is 0.357 e. The molecule has 1 aromatic carbocycles. The normalized spacial score (nSPS) is 10.6. The van der Waals surface area contributed by atoms with E-state index >= 15 is 0 Å². The van der Waals surface area contributed by atoms with E-state index in [9.17, 15) is 4.79 Å². The second-order valence-corrected chi connectivity index (χ2v) is 7.83. The van der Waals surface area contributed by atoms with Gasteiger partial charge in [0.15, 0.2) is 16.7 Å². The van der Waals surface area contributed by atoms with Crippen LogP contribution in [-0.2, 0) is 17.0 Å². The molecule has 0 unspecified atom stereocenters. The van der Waals surface area contributed by atoms with Gasteiger partial charge in [0.25, 0.3) is 0 Å². The molecule has 10 heteroatoms. The summed E-state index contributed by atoms with van der Waals surface area (Å²) in [7, 11) is 3.21. The number of thioether (sulfide) groups is 1. The van der Waals surface area contributed by atoms with E-state index < -0.39 is 5.97 Å². The fourth-order valence-electron chi connectivity index (χ4n) is 2.64. The van der Waals surface area contributed by atoms with Gasteiger partial charge in [-0.25, -0.2) is 9.78 Å². The zero-order valence-electron chi connectivity index (χ0n) is 17.0. The van der Waals surface area contributed by atoms with E-state index in [0.717, 1.165) is 15.7 Å². The number of hydrogen-bond acceptors (Lipinski definition) is 9. The van der Waals surface area contributed by atoms with Crippen LogP contribution in [0.4, 0.5) is 0 Å². The molecule has 0 atom stereocenters. The van der Waals surface area contributed by atoms with Gasteiger partial charge in [-0.1, -0.05) is 17.8 Å². The fraction of sp³-hybridized carbons (Fsp3) is 0.300. The van der Waals surface area contributed by atoms with Crippen molar-refractivity contribution in [2.24, 2.45) is 0 Å². The van der Waals surface area contributed by atoms with Crippen LogP contribution in [0, 0.1) is 0 Å². The van der Waals surface area contributed by atoms with Crippen LogP contribution in [0.5, 0.6) is 11.5 Å². The number of benzene rings is 1. The zero-order chi connectivity index (χ0) is 21.5. The van der Waals surface area contributed by atoms with Crippen molar-refractivity contribution in [3.05, 3.63) is 46.9 Å². The molecule has 0 aliphatic rings. The summed E-state index contributed by atoms with van der Waals surface area (Å²) in [5, 5.41) is 11.9. The first-order chi connectivity index (χ1) is 14.6. The molecule has 2 heterocycles. The summed E-state index contributed by atoms with van der Waals surface area (Å²) in [6, 6.07) is 5.57. The van der Waals surface area contributed by atoms with Gasteiger partial charge in [0.2, 0.25) is 0 Å². The minimum absolute atomic E-state index is 0.322. The largest absolute Gasteiger partial charge is 0.497 e. The molecule has 0 saturated carbocycles. The van der Waals surface area contributed by atoms with Crippen LogP contribution in [0.15, 0.2) is 41.4 Å². The Labute approximate surface area is 182 Å². The summed E-state index contributed by atoms with van der Waals surface area (Å²) in [6.07, 6.45) is 1.79. The minimum Gasteiger partial charge on any atom is -0.497 e. The third-order valence-electron chi connectivity index (χ3n) is 4.00. The van der Waals surface area contributed by atoms with Crippen LogP contribution < -0.4 is 9.47 Å². The lowest BCUT2D eigenvalue weighted by atomic mass is 10.2. The highest BCUT2D eigenvalue weighted by Crippen LogP contribution is 2.32. The zero-order valence-corrected chi connectivity index (χ0v) is 18.6. The lowest BCUT2D eigenvalue weighted by Gasteiger charge is -2.10. The van der Waals surface area contributed by atoms with Gasteiger partial charge in [-0.3, -0.25) is 4.57 Å². The van der Waals surface area contributed by atoms with E-state index in [-0.39, 0.29) is 0 Å². The molecule has 0 amide bonds. The Balaban J connectivity index is 1.83. The molecule has 2 aromatic heterocycles. The highest BCUT2D eigenvalue weighted by Gasteiger charge is 2.17. The maximum atomic E-state index is 11.8. The second kappa shape index (κ2) is 10.3. The number of carbonyl (C=O) groups is 1. The number of hydrogen-bond donors (Lipinski definition) is 0. The maximum absolute atomic E-state index is 11.8. The third-order valence-corrected chi connectivity index (χ3v) is 6.01. The van der Waals surface area contributed by atoms with Crippen molar-refractivity contribution in [1.82, 2.24) is 19.7 Å². The molecule has 0 N–H and O–H groups in total. The van der Waals surface area contributed by atoms with E-state index in [1.807, 2.05) is 16.7 Å². The van der Waals surface area contributed by atoms with E-state index in [1.54, 1.807) is 38.7 Å². The van der Waals surface area contributed by atoms with Gasteiger partial charge in [-0.2, -0.15) is 0 Å². The number of rotatable bonds is 10. The Hall–Kier alpha value is -2.85. The first-order valence-corrected chi connectivity index (χ1v) is 11.0. The highest BCUT2D eigenvalue weighted by molar-refractivity contribution is 7.98. The van der Waals surface area contributed by atoms with Crippen molar-refractivity contribution >= 4 is 29.1 Å². The lowest BCUT2D eigenvalue weighted by Crippen LogP contribution is -2.05. The van der Waals surface area contributed by atoms with Crippen molar-refractivity contribution in [3.63, 3.8) is 0 Å². The number of nitrogens with zero attached hydrogens (tertiary/aromatic N) is 4. The average molecular weight is 447 g/mol. The topological polar surface area (TPSA) is 88.4 Å². The van der Waals surface area contributed by atoms with Crippen molar-refractivity contribution in [3.8, 4) is 22.9 Å². The predicted octanol–water partition coefficient (Wildman–Crippen LogP) is 4.07. The summed E-state index contributed by atoms with van der Waals surface area (Å²) in [5.74, 6) is 2.16. The Morgan fingerprint density at radius 3 is 2.60 bits per heavy atom. The molecule has 0 saturated heterocycles. The Kier molecular flexibility index (Phi) is 7.47. The summed E-state index contributed by atoms with van der Waals surface area (Å²) < 4.78 is 17.7. The first-order valence-electron chi connectivity index (χ1n) is 9.11. The molecule has 158 valence electrons. The number of carbonyl (C=O) groups excluding carboxylic acids is 1. The monoisotopic (exact) mass is 446 g/mol. The van der Waals surface area contributed by atoms with Crippen LogP contribution in [0.3, 0.4) is 0 Å². The lowest BCUT2D eigenvalue weighted by molar-refractivity contribution is 0.0520. The van der Waals surface area contributed by atoms with Crippen molar-refractivity contribution < 1.29 is 19.0 Å². The van der Waals surface area contributed by atoms with Gasteiger partial charge >= 0.3 is 5.97 Å². The predicted molar refractivity (Wildman–Crippen MR) is 116 cm³/mol. The number of thiazole rings is 1. The van der Waals surface area contributed by atoms with Crippen LogP contribution in [0.2, 0.25) is 0 Å². The SMILES string of the molecule is C=CCn1c(SCc2nc(C(=O)OCC)cs2)nnc1-c1cc(OC)cc(OC)c1. The van der Waals surface area contributed by atoms with Crippen molar-refractivity contribution in [2.75, 3.05) is 20.8 Å². The molecule has 0 aliphatic heterocycles. The molecular formula is C20H22N4O4S2. The molecule has 0 radical (unpaired) electrons. The molecule has 0 spiro atoms. The van der Waals surface area contributed by atoms with Crippen LogP contribution in [0.1, 0.15) is 22.4 Å². The van der Waals surface area contributed by atoms with E-state index in [4.69, 9.17) is 14.2 Å². The average Bonchev–Trinajstić information content (AvgIpc) is 3.39. The van der Waals surface area contributed by atoms with E-state index in [2.05, 4.69) is 21.8 Å². The van der Waals surface area contributed by atoms with E-state index in [1.165, 1.54) is 23.1 Å². The van der Waals surface area contributed by atoms with Crippen molar-refractivity contribution in [2.45, 2.75) is 24.4 Å². The summed E-state index contributed by atoms with van der Waals surface area (Å²) in [6.45, 7) is 6.47. The molecule has 0 bridgehead atoms. The van der Waals surface area contributed by atoms with Crippen molar-refractivity contribution in [1.29, 1.82) is 0 Å². The number of allylic oxidation sites excluding steroid dienone is 1. The van der Waals surface area contributed by atoms with Gasteiger partial charge in [0.1, 0.15) is 16.5 Å². The quantitative estimate of drug-likeness (QED) is 0.262. The molecular weight excluding hydrogens is 424 g/mol. The Morgan fingerprint density at radius 1 is 1.23 bits per heavy atom. The van der Waals surface area contributed by atoms with Gasteiger partial charge < -0.3 is 14.2 Å². The van der Waals surface area contributed by atoms with Gasteiger partial charge in [-0.05, 0) is 19.1 Å². The summed E-state index contributed by atoms with van der Waals surface area (Å²) in [4.78, 5) is 16.1. The molecule has 3 aromatic rings. The van der Waals surface area contributed by atoms with Gasteiger partial charge in [0.05, 0.1) is 26.6 Å². The molecule has 3 rings (SSSR count). The number of aromatic nitrogens is 4. The Bertz CT molecular complexity index is 1010. The van der Waals surface area contributed by atoms with Gasteiger partial charge in [0, 0.05) is 23.6 Å². The number of esters is 1. The third kappa shape index (κ3) is 5.00. The summed E-state index contributed by atoms with van der Waals surface area (Å²) in [5.41, 5.74) is 1.15.